The maximum absolute atomic E-state index is 13.4. The number of halogens is 3. The number of alkyl halides is 3. The molecule has 1 N–H and O–H groups in total. The van der Waals surface area contributed by atoms with Gasteiger partial charge in [0.25, 0.3) is 0 Å². The summed E-state index contributed by atoms with van der Waals surface area (Å²) in [5.74, 6) is 0. The molecule has 2 aromatic carbocycles. The van der Waals surface area contributed by atoms with Gasteiger partial charge in [0.15, 0.2) is 5.60 Å². The normalized spacial score (nSPS) is 14.7. The topological polar surface area (TPSA) is 46.0 Å². The van der Waals surface area contributed by atoms with Crippen LogP contribution in [0.4, 0.5) is 13.2 Å². The highest BCUT2D eigenvalue weighted by Crippen LogP contribution is 2.41. The number of nitrogens with zero attached hydrogens (tertiary/aromatic N) is 2. The van der Waals surface area contributed by atoms with E-state index in [2.05, 4.69) is 9.97 Å². The molecule has 0 aliphatic carbocycles. The molecule has 3 nitrogen and oxygen atoms in total. The first-order chi connectivity index (χ1) is 11.9. The minimum absolute atomic E-state index is 0.197. The van der Waals surface area contributed by atoms with Crippen LogP contribution in [0.5, 0.6) is 0 Å². The smallest absolute Gasteiger partial charge is 0.376 e. The predicted octanol–water partition coefficient (Wildman–Crippen LogP) is 4.48. The van der Waals surface area contributed by atoms with E-state index in [9.17, 15) is 18.3 Å². The van der Waals surface area contributed by atoms with E-state index < -0.39 is 18.2 Å². The molecule has 0 fully saturated rings. The fourth-order valence-electron chi connectivity index (χ4n) is 2.51. The molecule has 0 saturated heterocycles. The van der Waals surface area contributed by atoms with Crippen molar-refractivity contribution in [3.63, 3.8) is 0 Å². The number of benzene rings is 2. The average Bonchev–Trinajstić information content (AvgIpc) is 2.61. The summed E-state index contributed by atoms with van der Waals surface area (Å²) in [6, 6.07) is 14.3. The highest BCUT2D eigenvalue weighted by molar-refractivity contribution is 5.74. The van der Waals surface area contributed by atoms with Gasteiger partial charge in [0, 0.05) is 6.42 Å². The Hall–Kier alpha value is -2.73. The number of aromatic nitrogens is 2. The van der Waals surface area contributed by atoms with E-state index in [0.717, 1.165) is 0 Å². The standard InChI is InChI=1S/C19H15F3N2O/c20-19(21,22)18(25,14-7-2-1-3-8-14)12-6-9-15-13-23-16-10-4-5-11-17(16)24-15/h1-11,13,25H,12H2/b9-6+/t18-/m1/s1. The lowest BCUT2D eigenvalue weighted by molar-refractivity contribution is -0.265. The van der Waals surface area contributed by atoms with Crippen LogP contribution in [0, 0.1) is 0 Å². The molecular formula is C19H15F3N2O. The maximum atomic E-state index is 13.4. The number of aliphatic hydroxyl groups is 1. The van der Waals surface area contributed by atoms with Crippen molar-refractivity contribution < 1.29 is 18.3 Å². The van der Waals surface area contributed by atoms with Crippen LogP contribution < -0.4 is 0 Å². The minimum Gasteiger partial charge on any atom is -0.376 e. The lowest BCUT2D eigenvalue weighted by Gasteiger charge is -2.30. The van der Waals surface area contributed by atoms with Gasteiger partial charge in [0.05, 0.1) is 22.9 Å². The van der Waals surface area contributed by atoms with Crippen LogP contribution in [0.1, 0.15) is 17.7 Å². The van der Waals surface area contributed by atoms with Crippen LogP contribution in [0.3, 0.4) is 0 Å². The highest BCUT2D eigenvalue weighted by atomic mass is 19.4. The predicted molar refractivity (Wildman–Crippen MR) is 89.6 cm³/mol. The van der Waals surface area contributed by atoms with E-state index in [4.69, 9.17) is 0 Å². The molecule has 0 saturated carbocycles. The summed E-state index contributed by atoms with van der Waals surface area (Å²) < 4.78 is 40.2. The van der Waals surface area contributed by atoms with Crippen LogP contribution in [0.25, 0.3) is 17.1 Å². The molecule has 0 aliphatic rings. The largest absolute Gasteiger partial charge is 0.421 e. The Morgan fingerprint density at radius 1 is 0.920 bits per heavy atom. The number of fused-ring (bicyclic) bond motifs is 1. The number of hydrogen-bond acceptors (Lipinski definition) is 3. The molecule has 0 spiro atoms. The van der Waals surface area contributed by atoms with Crippen LogP contribution in [0.2, 0.25) is 0 Å². The minimum atomic E-state index is -4.80. The molecule has 0 bridgehead atoms. The van der Waals surface area contributed by atoms with Crippen molar-refractivity contribution in [3.8, 4) is 0 Å². The molecule has 0 radical (unpaired) electrons. The highest BCUT2D eigenvalue weighted by Gasteiger charge is 2.53. The van der Waals surface area contributed by atoms with E-state index >= 15 is 0 Å². The van der Waals surface area contributed by atoms with Crippen molar-refractivity contribution in [1.82, 2.24) is 9.97 Å². The summed E-state index contributed by atoms with van der Waals surface area (Å²) >= 11 is 0. The zero-order valence-electron chi connectivity index (χ0n) is 13.1. The van der Waals surface area contributed by atoms with Crippen LogP contribution >= 0.6 is 0 Å². The van der Waals surface area contributed by atoms with Gasteiger partial charge in [-0.05, 0) is 23.8 Å². The van der Waals surface area contributed by atoms with E-state index in [1.807, 2.05) is 12.1 Å². The number of para-hydroxylation sites is 2. The summed E-state index contributed by atoms with van der Waals surface area (Å²) in [4.78, 5) is 8.52. The van der Waals surface area contributed by atoms with Gasteiger partial charge in [-0.25, -0.2) is 4.98 Å². The van der Waals surface area contributed by atoms with Crippen molar-refractivity contribution in [3.05, 3.63) is 78.1 Å². The van der Waals surface area contributed by atoms with E-state index in [0.29, 0.717) is 16.7 Å². The summed E-state index contributed by atoms with van der Waals surface area (Å²) in [5, 5.41) is 10.3. The zero-order chi connectivity index (χ0) is 17.9. The van der Waals surface area contributed by atoms with Crippen LogP contribution in [-0.4, -0.2) is 21.3 Å². The Bertz CT molecular complexity index is 894. The van der Waals surface area contributed by atoms with Crippen LogP contribution in [-0.2, 0) is 5.60 Å². The quantitative estimate of drug-likeness (QED) is 0.759. The lowest BCUT2D eigenvalue weighted by atomic mass is 9.89. The summed E-state index contributed by atoms with van der Waals surface area (Å²) in [5.41, 5.74) is -1.36. The summed E-state index contributed by atoms with van der Waals surface area (Å²) in [7, 11) is 0. The monoisotopic (exact) mass is 344 g/mol. The number of rotatable bonds is 4. The zero-order valence-corrected chi connectivity index (χ0v) is 13.1. The third-order valence-corrected chi connectivity index (χ3v) is 3.89. The molecule has 1 atom stereocenters. The van der Waals surface area contributed by atoms with Crippen LogP contribution in [0.15, 0.2) is 66.9 Å². The molecule has 1 heterocycles. The molecule has 0 unspecified atom stereocenters. The maximum Gasteiger partial charge on any atom is 0.421 e. The van der Waals surface area contributed by atoms with Gasteiger partial charge in [-0.1, -0.05) is 48.5 Å². The first kappa shape index (κ1) is 17.1. The van der Waals surface area contributed by atoms with Gasteiger partial charge < -0.3 is 5.11 Å². The summed E-state index contributed by atoms with van der Waals surface area (Å²) in [6.45, 7) is 0. The fraction of sp³-hybridized carbons (Fsp3) is 0.158. The third kappa shape index (κ3) is 3.53. The Labute approximate surface area is 142 Å². The Morgan fingerprint density at radius 2 is 1.56 bits per heavy atom. The second-order valence-electron chi connectivity index (χ2n) is 5.61. The van der Waals surface area contributed by atoms with Crippen molar-refractivity contribution >= 4 is 17.1 Å². The molecule has 6 heteroatoms. The Morgan fingerprint density at radius 3 is 2.24 bits per heavy atom. The van der Waals surface area contributed by atoms with Gasteiger partial charge in [0.2, 0.25) is 0 Å². The first-order valence-electron chi connectivity index (χ1n) is 7.63. The van der Waals surface area contributed by atoms with Gasteiger partial charge in [0.1, 0.15) is 0 Å². The molecular weight excluding hydrogens is 329 g/mol. The Balaban J connectivity index is 1.86. The van der Waals surface area contributed by atoms with Crippen molar-refractivity contribution in [2.75, 3.05) is 0 Å². The Kier molecular flexibility index (Phi) is 4.55. The molecule has 3 rings (SSSR count). The second-order valence-corrected chi connectivity index (χ2v) is 5.61. The third-order valence-electron chi connectivity index (χ3n) is 3.89. The molecule has 3 aromatic rings. The molecule has 0 amide bonds. The fourth-order valence-corrected chi connectivity index (χ4v) is 2.51. The molecule has 0 aliphatic heterocycles. The summed E-state index contributed by atoms with van der Waals surface area (Å²) in [6.07, 6.45) is -1.24. The van der Waals surface area contributed by atoms with Gasteiger partial charge in [-0.2, -0.15) is 13.2 Å². The number of hydrogen-bond donors (Lipinski definition) is 1. The van der Waals surface area contributed by atoms with Gasteiger partial charge >= 0.3 is 6.18 Å². The average molecular weight is 344 g/mol. The lowest BCUT2D eigenvalue weighted by Crippen LogP contribution is -2.41. The molecule has 1 aromatic heterocycles. The molecule has 25 heavy (non-hydrogen) atoms. The van der Waals surface area contributed by atoms with Crippen molar-refractivity contribution in [2.24, 2.45) is 0 Å². The van der Waals surface area contributed by atoms with Gasteiger partial charge in [-0.15, -0.1) is 0 Å². The van der Waals surface area contributed by atoms with Crippen molar-refractivity contribution in [2.45, 2.75) is 18.2 Å². The SMILES string of the molecule is O[C@](C/C=C/c1cnc2ccccc2n1)(c1ccccc1)C(F)(F)F. The van der Waals surface area contributed by atoms with E-state index in [1.165, 1.54) is 42.6 Å². The second kappa shape index (κ2) is 6.64. The molecule has 128 valence electrons. The van der Waals surface area contributed by atoms with E-state index in [-0.39, 0.29) is 5.56 Å². The van der Waals surface area contributed by atoms with Crippen molar-refractivity contribution in [1.29, 1.82) is 0 Å². The van der Waals surface area contributed by atoms with E-state index in [1.54, 1.807) is 18.2 Å². The first-order valence-corrected chi connectivity index (χ1v) is 7.63. The van der Waals surface area contributed by atoms with Gasteiger partial charge in [-0.3, -0.25) is 4.98 Å².